The first-order valence-electron chi connectivity index (χ1n) is 5.73. The average Bonchev–Trinajstić information content (AvgIpc) is 2.39. The zero-order valence-electron chi connectivity index (χ0n) is 10.1. The maximum Gasteiger partial charge on any atom is 0.509 e. The maximum absolute atomic E-state index is 13.0. The highest BCUT2D eigenvalue weighted by Crippen LogP contribution is 2.20. The molecule has 0 aromatic heterocycles. The molecule has 0 heterocycles. The van der Waals surface area contributed by atoms with Crippen LogP contribution in [0.4, 0.5) is 17.3 Å². The molecule has 0 spiro atoms. The van der Waals surface area contributed by atoms with Gasteiger partial charge in [0.1, 0.15) is 18.2 Å². The van der Waals surface area contributed by atoms with Crippen LogP contribution in [0, 0.1) is 5.82 Å². The number of halogens is 5. The largest absolute Gasteiger partial charge is 0.509 e. The van der Waals surface area contributed by atoms with Crippen molar-refractivity contribution in [2.24, 2.45) is 0 Å². The Morgan fingerprint density at radius 2 is 1.80 bits per heavy atom. The minimum absolute atomic E-state index is 0.0574. The molecule has 2 rings (SSSR count). The second-order valence-corrected chi connectivity index (χ2v) is 4.58. The van der Waals surface area contributed by atoms with E-state index in [2.05, 4.69) is 0 Å². The zero-order valence-corrected chi connectivity index (χ0v) is 10.9. The molecule has 0 amide bonds. The van der Waals surface area contributed by atoms with Crippen molar-refractivity contribution in [3.05, 3.63) is 58.9 Å². The normalized spacial score (nSPS) is 11.4. The summed E-state index contributed by atoms with van der Waals surface area (Å²) < 4.78 is 56.0. The van der Waals surface area contributed by atoms with Crippen LogP contribution in [0.3, 0.4) is 0 Å². The van der Waals surface area contributed by atoms with Gasteiger partial charge in [-0.15, -0.1) is 5.46 Å². The molecule has 106 valence electrons. The van der Waals surface area contributed by atoms with Crippen molar-refractivity contribution in [3.8, 4) is 5.75 Å². The van der Waals surface area contributed by atoms with Gasteiger partial charge in [-0.25, -0.2) is 4.39 Å². The van der Waals surface area contributed by atoms with Gasteiger partial charge >= 0.3 is 6.98 Å². The Bertz CT molecular complexity index is 616. The van der Waals surface area contributed by atoms with Crippen molar-refractivity contribution >= 4 is 24.0 Å². The highest BCUT2D eigenvalue weighted by atomic mass is 35.5. The molecule has 0 aliphatic heterocycles. The lowest BCUT2D eigenvalue weighted by Gasteiger charge is -2.16. The molecule has 0 saturated carbocycles. The summed E-state index contributed by atoms with van der Waals surface area (Å²) in [6, 6.07) is 8.28. The Hall–Kier alpha value is -1.69. The van der Waals surface area contributed by atoms with E-state index in [4.69, 9.17) is 16.3 Å². The highest BCUT2D eigenvalue weighted by molar-refractivity contribution is 6.73. The molecule has 7 heteroatoms. The number of rotatable bonds is 4. The molecule has 0 N–H and O–H groups in total. The molecule has 0 bridgehead atoms. The van der Waals surface area contributed by atoms with Gasteiger partial charge < -0.3 is 17.7 Å². The lowest BCUT2D eigenvalue weighted by Crippen LogP contribution is -2.33. The zero-order chi connectivity index (χ0) is 14.8. The van der Waals surface area contributed by atoms with Gasteiger partial charge in [-0.05, 0) is 30.3 Å². The van der Waals surface area contributed by atoms with Gasteiger partial charge in [0.15, 0.2) is 0 Å². The SMILES string of the molecule is Fc1ccc(Cl)c(COc2cccc([B-](F)(F)F)c2)c1. The minimum Gasteiger partial charge on any atom is -0.489 e. The summed E-state index contributed by atoms with van der Waals surface area (Å²) in [5.74, 6) is -0.428. The molecule has 0 aliphatic rings. The molecule has 0 fully saturated rings. The van der Waals surface area contributed by atoms with Crippen LogP contribution >= 0.6 is 11.6 Å². The summed E-state index contributed by atoms with van der Waals surface area (Å²) in [5.41, 5.74) is -0.373. The Kier molecular flexibility index (Phi) is 4.23. The van der Waals surface area contributed by atoms with E-state index in [1.807, 2.05) is 0 Å². The van der Waals surface area contributed by atoms with Crippen LogP contribution in [-0.4, -0.2) is 6.98 Å². The first-order chi connectivity index (χ1) is 9.36. The Labute approximate surface area is 118 Å². The van der Waals surface area contributed by atoms with Gasteiger partial charge in [-0.1, -0.05) is 23.7 Å². The molecule has 20 heavy (non-hydrogen) atoms. The molecular formula is C13H9BClF4O-. The van der Waals surface area contributed by atoms with Crippen molar-refractivity contribution in [2.75, 3.05) is 0 Å². The second kappa shape index (κ2) is 5.75. The summed E-state index contributed by atoms with van der Waals surface area (Å²) in [6.45, 7) is -5.18. The topological polar surface area (TPSA) is 9.23 Å². The van der Waals surface area contributed by atoms with E-state index in [-0.39, 0.29) is 12.4 Å². The molecule has 2 aromatic rings. The number of hydrogen-bond acceptors (Lipinski definition) is 1. The van der Waals surface area contributed by atoms with Crippen molar-refractivity contribution < 1.29 is 22.1 Å². The molecule has 0 atom stereocenters. The van der Waals surface area contributed by atoms with E-state index < -0.39 is 18.3 Å². The van der Waals surface area contributed by atoms with Gasteiger partial charge in [0.05, 0.1) is 0 Å². The van der Waals surface area contributed by atoms with E-state index >= 15 is 0 Å². The fraction of sp³-hybridized carbons (Fsp3) is 0.0769. The summed E-state index contributed by atoms with van der Waals surface area (Å²) in [4.78, 5) is 0. The Balaban J connectivity index is 2.13. The smallest absolute Gasteiger partial charge is 0.489 e. The summed E-state index contributed by atoms with van der Waals surface area (Å²) in [7, 11) is 0. The number of ether oxygens (including phenoxy) is 1. The van der Waals surface area contributed by atoms with Gasteiger partial charge in [-0.3, -0.25) is 0 Å². The third-order valence-corrected chi connectivity index (χ3v) is 3.01. The molecule has 0 aliphatic carbocycles. The Morgan fingerprint density at radius 1 is 1.05 bits per heavy atom. The second-order valence-electron chi connectivity index (χ2n) is 4.17. The van der Waals surface area contributed by atoms with Crippen LogP contribution in [-0.2, 0) is 6.61 Å². The van der Waals surface area contributed by atoms with E-state index in [1.165, 1.54) is 30.3 Å². The monoisotopic (exact) mass is 303 g/mol. The standard InChI is InChI=1S/C13H9BClF4O/c15-13-5-4-11(16)6-9(13)8-20-12-3-1-2-10(7-12)14(17,18)19/h1-7H,8H2/q-1. The van der Waals surface area contributed by atoms with Gasteiger partial charge in [0.25, 0.3) is 0 Å². The van der Waals surface area contributed by atoms with Gasteiger partial charge in [-0.2, -0.15) is 0 Å². The van der Waals surface area contributed by atoms with Crippen LogP contribution in [0.2, 0.25) is 5.02 Å². The van der Waals surface area contributed by atoms with E-state index in [1.54, 1.807) is 0 Å². The quantitative estimate of drug-likeness (QED) is 0.610. The lowest BCUT2D eigenvalue weighted by molar-refractivity contribution is 0.305. The predicted octanol–water partition coefficient (Wildman–Crippen LogP) is 4.11. The Morgan fingerprint density at radius 3 is 2.50 bits per heavy atom. The number of hydrogen-bond donors (Lipinski definition) is 0. The average molecular weight is 303 g/mol. The first-order valence-corrected chi connectivity index (χ1v) is 6.11. The minimum atomic E-state index is -5.08. The van der Waals surface area contributed by atoms with E-state index in [0.29, 0.717) is 10.6 Å². The summed E-state index contributed by atoms with van der Waals surface area (Å²) in [6.07, 6.45) is 0. The number of benzene rings is 2. The first kappa shape index (κ1) is 14.7. The third kappa shape index (κ3) is 3.66. The summed E-state index contributed by atoms with van der Waals surface area (Å²) >= 11 is 5.84. The molecule has 1 nitrogen and oxygen atoms in total. The van der Waals surface area contributed by atoms with Crippen molar-refractivity contribution in [1.29, 1.82) is 0 Å². The van der Waals surface area contributed by atoms with Crippen LogP contribution in [0.1, 0.15) is 5.56 Å². The van der Waals surface area contributed by atoms with Gasteiger partial charge in [0.2, 0.25) is 0 Å². The summed E-state index contributed by atoms with van der Waals surface area (Å²) in [5, 5.41) is 0.294. The fourth-order valence-corrected chi connectivity index (χ4v) is 1.80. The predicted molar refractivity (Wildman–Crippen MR) is 70.9 cm³/mol. The fourth-order valence-electron chi connectivity index (χ4n) is 1.62. The van der Waals surface area contributed by atoms with Crippen LogP contribution in [0.15, 0.2) is 42.5 Å². The van der Waals surface area contributed by atoms with Crippen LogP contribution in [0.5, 0.6) is 5.75 Å². The third-order valence-electron chi connectivity index (χ3n) is 2.64. The molecule has 2 aromatic carbocycles. The maximum atomic E-state index is 13.0. The lowest BCUT2D eigenvalue weighted by atomic mass is 9.80. The highest BCUT2D eigenvalue weighted by Gasteiger charge is 2.25. The molecule has 0 unspecified atom stereocenters. The van der Waals surface area contributed by atoms with Crippen molar-refractivity contribution in [3.63, 3.8) is 0 Å². The molecule has 0 saturated heterocycles. The van der Waals surface area contributed by atoms with Crippen molar-refractivity contribution in [1.82, 2.24) is 0 Å². The molecular weight excluding hydrogens is 294 g/mol. The molecule has 0 radical (unpaired) electrons. The van der Waals surface area contributed by atoms with Crippen molar-refractivity contribution in [2.45, 2.75) is 6.61 Å². The van der Waals surface area contributed by atoms with E-state index in [0.717, 1.165) is 12.1 Å². The van der Waals surface area contributed by atoms with Crippen LogP contribution in [0.25, 0.3) is 0 Å². The van der Waals surface area contributed by atoms with Crippen LogP contribution < -0.4 is 10.2 Å². The van der Waals surface area contributed by atoms with Gasteiger partial charge in [0, 0.05) is 10.6 Å². The van der Waals surface area contributed by atoms with E-state index in [9.17, 15) is 17.3 Å².